The fourth-order valence-corrected chi connectivity index (χ4v) is 4.78. The first-order valence-electron chi connectivity index (χ1n) is 7.44. The smallest absolute Gasteiger partial charge is 0.103 e. The van der Waals surface area contributed by atoms with E-state index >= 15 is 0 Å². The predicted octanol–water partition coefficient (Wildman–Crippen LogP) is 2.81. The highest BCUT2D eigenvalue weighted by atomic mass is 32.2. The van der Waals surface area contributed by atoms with Crippen molar-refractivity contribution < 1.29 is 4.74 Å². The number of hydrogen-bond donors (Lipinski definition) is 1. The highest BCUT2D eigenvalue weighted by molar-refractivity contribution is 7.99. The molecule has 1 aromatic rings. The van der Waals surface area contributed by atoms with Crippen LogP contribution >= 0.6 is 24.0 Å². The Bertz CT molecular complexity index is 512. The van der Waals surface area contributed by atoms with Crippen molar-refractivity contribution in [3.63, 3.8) is 0 Å². The van der Waals surface area contributed by atoms with E-state index in [2.05, 4.69) is 24.1 Å². The molecular formula is C16H22N2OS2. The molecule has 1 spiro atoms. The van der Waals surface area contributed by atoms with Crippen molar-refractivity contribution in [2.75, 3.05) is 30.1 Å². The van der Waals surface area contributed by atoms with Crippen LogP contribution in [0.1, 0.15) is 24.8 Å². The molecule has 2 aliphatic heterocycles. The van der Waals surface area contributed by atoms with E-state index in [9.17, 15) is 0 Å². The molecule has 0 amide bonds. The minimum absolute atomic E-state index is 0.126. The first-order valence-corrected chi connectivity index (χ1v) is 9.00. The molecule has 5 heteroatoms. The van der Waals surface area contributed by atoms with Crippen molar-refractivity contribution in [1.29, 1.82) is 0 Å². The van der Waals surface area contributed by atoms with Crippen LogP contribution in [0.3, 0.4) is 0 Å². The van der Waals surface area contributed by atoms with Crippen LogP contribution in [-0.2, 0) is 4.74 Å². The molecule has 2 atom stereocenters. The number of rotatable bonds is 3. The zero-order valence-corrected chi connectivity index (χ0v) is 14.0. The summed E-state index contributed by atoms with van der Waals surface area (Å²) in [7, 11) is 2.18. The first-order chi connectivity index (χ1) is 10.1. The van der Waals surface area contributed by atoms with Crippen LogP contribution in [0.15, 0.2) is 24.3 Å². The molecule has 0 aliphatic carbocycles. The van der Waals surface area contributed by atoms with E-state index in [1.54, 1.807) is 0 Å². The largest absolute Gasteiger partial charge is 0.389 e. The monoisotopic (exact) mass is 322 g/mol. The van der Waals surface area contributed by atoms with Gasteiger partial charge in [-0.25, -0.2) is 0 Å². The van der Waals surface area contributed by atoms with Crippen molar-refractivity contribution in [1.82, 2.24) is 0 Å². The van der Waals surface area contributed by atoms with Gasteiger partial charge in [0.2, 0.25) is 0 Å². The summed E-state index contributed by atoms with van der Waals surface area (Å²) in [5, 5.41) is 0. The SMILES string of the molecule is CN(c1ccc(C(N)=S)cc1)C1CCOC2(CCSC2)C1. The van der Waals surface area contributed by atoms with Crippen LogP contribution in [0.4, 0.5) is 5.69 Å². The molecule has 3 nitrogen and oxygen atoms in total. The minimum atomic E-state index is 0.126. The molecule has 2 unspecified atom stereocenters. The molecule has 1 aromatic carbocycles. The molecule has 2 fully saturated rings. The molecule has 2 saturated heterocycles. The standard InChI is InChI=1S/C16H22N2OS2/c1-18(13-4-2-12(3-5-13)15(17)20)14-6-8-19-16(10-14)7-9-21-11-16/h2-5,14H,6-11H2,1H3,(H2,17,20). The lowest BCUT2D eigenvalue weighted by molar-refractivity contribution is -0.0658. The highest BCUT2D eigenvalue weighted by Crippen LogP contribution is 2.40. The van der Waals surface area contributed by atoms with E-state index in [1.165, 1.54) is 17.9 Å². The maximum absolute atomic E-state index is 6.11. The number of nitrogens with zero attached hydrogens (tertiary/aromatic N) is 1. The van der Waals surface area contributed by atoms with Crippen molar-refractivity contribution in [3.8, 4) is 0 Å². The van der Waals surface area contributed by atoms with Crippen LogP contribution < -0.4 is 10.6 Å². The van der Waals surface area contributed by atoms with E-state index in [0.29, 0.717) is 11.0 Å². The number of hydrogen-bond acceptors (Lipinski definition) is 4. The van der Waals surface area contributed by atoms with Gasteiger partial charge >= 0.3 is 0 Å². The van der Waals surface area contributed by atoms with Crippen LogP contribution in [0.2, 0.25) is 0 Å². The maximum Gasteiger partial charge on any atom is 0.103 e. The fraction of sp³-hybridized carbons (Fsp3) is 0.562. The highest BCUT2D eigenvalue weighted by Gasteiger charge is 2.41. The summed E-state index contributed by atoms with van der Waals surface area (Å²) < 4.78 is 6.11. The second-order valence-electron chi connectivity index (χ2n) is 6.00. The zero-order chi connectivity index (χ0) is 14.9. The van der Waals surface area contributed by atoms with Gasteiger partial charge in [-0.15, -0.1) is 0 Å². The average molecular weight is 322 g/mol. The summed E-state index contributed by atoms with van der Waals surface area (Å²) in [6, 6.07) is 8.79. The van der Waals surface area contributed by atoms with E-state index in [1.807, 2.05) is 23.9 Å². The van der Waals surface area contributed by atoms with Crippen molar-refractivity contribution in [3.05, 3.63) is 29.8 Å². The Labute approximate surface area is 136 Å². The molecule has 114 valence electrons. The maximum atomic E-state index is 6.11. The summed E-state index contributed by atoms with van der Waals surface area (Å²) >= 11 is 7.03. The van der Waals surface area contributed by atoms with Crippen molar-refractivity contribution >= 4 is 34.7 Å². The Hall–Kier alpha value is -0.780. The molecule has 0 bridgehead atoms. The van der Waals surface area contributed by atoms with E-state index in [0.717, 1.165) is 30.8 Å². The molecule has 2 aliphatic rings. The Morgan fingerprint density at radius 2 is 2.19 bits per heavy atom. The van der Waals surface area contributed by atoms with Crippen LogP contribution in [-0.4, -0.2) is 41.8 Å². The predicted molar refractivity (Wildman–Crippen MR) is 94.4 cm³/mol. The molecule has 0 radical (unpaired) electrons. The molecule has 2 N–H and O–H groups in total. The van der Waals surface area contributed by atoms with E-state index in [4.69, 9.17) is 22.7 Å². The second kappa shape index (κ2) is 6.15. The number of benzene rings is 1. The summed E-state index contributed by atoms with van der Waals surface area (Å²) in [5.41, 5.74) is 7.94. The third kappa shape index (κ3) is 3.20. The molecule has 3 rings (SSSR count). The fourth-order valence-electron chi connectivity index (χ4n) is 3.27. The molecule has 0 saturated carbocycles. The lowest BCUT2D eigenvalue weighted by atomic mass is 9.89. The molecular weight excluding hydrogens is 300 g/mol. The van der Waals surface area contributed by atoms with Crippen molar-refractivity contribution in [2.24, 2.45) is 5.73 Å². The number of ether oxygens (including phenoxy) is 1. The van der Waals surface area contributed by atoms with Gasteiger partial charge in [0, 0.05) is 36.7 Å². The summed E-state index contributed by atoms with van der Waals surface area (Å²) in [5.74, 6) is 2.39. The molecule has 2 heterocycles. The quantitative estimate of drug-likeness (QED) is 0.866. The van der Waals surface area contributed by atoms with E-state index < -0.39 is 0 Å². The van der Waals surface area contributed by atoms with Crippen LogP contribution in [0.5, 0.6) is 0 Å². The molecule has 21 heavy (non-hydrogen) atoms. The van der Waals surface area contributed by atoms with Gasteiger partial charge < -0.3 is 15.4 Å². The van der Waals surface area contributed by atoms with Gasteiger partial charge in [-0.1, -0.05) is 12.2 Å². The van der Waals surface area contributed by atoms with Gasteiger partial charge in [0.1, 0.15) is 4.99 Å². The van der Waals surface area contributed by atoms with Crippen LogP contribution in [0, 0.1) is 0 Å². The van der Waals surface area contributed by atoms with Gasteiger partial charge in [0.15, 0.2) is 0 Å². The first kappa shape index (κ1) is 15.1. The Morgan fingerprint density at radius 1 is 1.43 bits per heavy atom. The number of thiocarbonyl (C=S) groups is 1. The topological polar surface area (TPSA) is 38.5 Å². The zero-order valence-electron chi connectivity index (χ0n) is 12.4. The number of thioether (sulfide) groups is 1. The molecule has 0 aromatic heterocycles. The normalized spacial score (nSPS) is 28.7. The van der Waals surface area contributed by atoms with Crippen LogP contribution in [0.25, 0.3) is 0 Å². The average Bonchev–Trinajstić information content (AvgIpc) is 2.94. The Balaban J connectivity index is 1.71. The lowest BCUT2D eigenvalue weighted by Crippen LogP contribution is -2.48. The number of nitrogens with two attached hydrogens (primary N) is 1. The minimum Gasteiger partial charge on any atom is -0.389 e. The second-order valence-corrected chi connectivity index (χ2v) is 7.55. The summed E-state index contributed by atoms with van der Waals surface area (Å²) in [6.07, 6.45) is 3.43. The summed E-state index contributed by atoms with van der Waals surface area (Å²) in [4.78, 5) is 2.84. The Morgan fingerprint density at radius 3 is 2.81 bits per heavy atom. The van der Waals surface area contributed by atoms with Gasteiger partial charge in [0.05, 0.1) is 5.60 Å². The van der Waals surface area contributed by atoms with Gasteiger partial charge in [-0.2, -0.15) is 11.8 Å². The Kier molecular flexibility index (Phi) is 4.43. The third-order valence-electron chi connectivity index (χ3n) is 4.64. The van der Waals surface area contributed by atoms with Gasteiger partial charge in [-0.3, -0.25) is 0 Å². The summed E-state index contributed by atoms with van der Waals surface area (Å²) in [6.45, 7) is 0.876. The third-order valence-corrected chi connectivity index (χ3v) is 6.10. The lowest BCUT2D eigenvalue weighted by Gasteiger charge is -2.42. The van der Waals surface area contributed by atoms with E-state index in [-0.39, 0.29) is 5.60 Å². The van der Waals surface area contributed by atoms with Gasteiger partial charge in [0.25, 0.3) is 0 Å². The number of anilines is 1. The van der Waals surface area contributed by atoms with Gasteiger partial charge in [-0.05, 0) is 49.3 Å². The van der Waals surface area contributed by atoms with Crippen molar-refractivity contribution in [2.45, 2.75) is 30.9 Å².